The minimum atomic E-state index is -0.237. The average Bonchev–Trinajstić information content (AvgIpc) is 2.43. The van der Waals surface area contributed by atoms with Crippen molar-refractivity contribution in [3.05, 3.63) is 23.6 Å². The molecule has 0 radical (unpaired) electrons. The monoisotopic (exact) mass is 283 g/mol. The van der Waals surface area contributed by atoms with Crippen molar-refractivity contribution >= 4 is 5.82 Å². The zero-order valence-electron chi connectivity index (χ0n) is 12.9. The van der Waals surface area contributed by atoms with Crippen molar-refractivity contribution in [2.24, 2.45) is 0 Å². The van der Waals surface area contributed by atoms with Crippen molar-refractivity contribution < 1.29 is 9.13 Å². The van der Waals surface area contributed by atoms with Crippen molar-refractivity contribution in [3.63, 3.8) is 0 Å². The number of pyridine rings is 1. The van der Waals surface area contributed by atoms with Crippen LogP contribution in [0.4, 0.5) is 10.2 Å². The number of ether oxygens (including phenoxy) is 1. The lowest BCUT2D eigenvalue weighted by molar-refractivity contribution is 0.153. The van der Waals surface area contributed by atoms with Crippen molar-refractivity contribution in [1.29, 1.82) is 0 Å². The minimum Gasteiger partial charge on any atom is -0.380 e. The van der Waals surface area contributed by atoms with Gasteiger partial charge >= 0.3 is 0 Å². The predicted molar refractivity (Wildman–Crippen MR) is 80.6 cm³/mol. The third kappa shape index (κ3) is 5.06. The molecule has 0 amide bonds. The molecule has 1 rings (SSSR count). The SMILES string of the molecule is CCOCCN(CC)c1nccc(CNC(C)C)c1F. The van der Waals surface area contributed by atoms with Crippen LogP contribution in [0.2, 0.25) is 0 Å². The Labute approximate surface area is 121 Å². The molecule has 5 heteroatoms. The second kappa shape index (κ2) is 8.87. The molecule has 0 aliphatic heterocycles. The van der Waals surface area contributed by atoms with Crippen LogP contribution in [0.25, 0.3) is 0 Å². The van der Waals surface area contributed by atoms with Gasteiger partial charge in [-0.2, -0.15) is 0 Å². The van der Waals surface area contributed by atoms with Crippen LogP contribution in [0.5, 0.6) is 0 Å². The summed E-state index contributed by atoms with van der Waals surface area (Å²) in [4.78, 5) is 6.09. The number of anilines is 1. The van der Waals surface area contributed by atoms with Crippen LogP contribution in [0, 0.1) is 5.82 Å². The second-order valence-electron chi connectivity index (χ2n) is 4.92. The van der Waals surface area contributed by atoms with Gasteiger partial charge in [0.05, 0.1) is 6.61 Å². The molecule has 4 nitrogen and oxygen atoms in total. The minimum absolute atomic E-state index is 0.237. The molecule has 0 saturated heterocycles. The maximum Gasteiger partial charge on any atom is 0.170 e. The molecule has 0 fully saturated rings. The normalized spacial score (nSPS) is 11.1. The Kier molecular flexibility index (Phi) is 7.47. The molecule has 0 unspecified atom stereocenters. The Morgan fingerprint density at radius 1 is 1.40 bits per heavy atom. The topological polar surface area (TPSA) is 37.4 Å². The number of halogens is 1. The van der Waals surface area contributed by atoms with Gasteiger partial charge in [0.15, 0.2) is 11.6 Å². The van der Waals surface area contributed by atoms with Crippen molar-refractivity contribution in [2.45, 2.75) is 40.3 Å². The summed E-state index contributed by atoms with van der Waals surface area (Å²) in [6, 6.07) is 2.05. The first-order valence-corrected chi connectivity index (χ1v) is 7.29. The van der Waals surface area contributed by atoms with E-state index in [0.29, 0.717) is 50.3 Å². The van der Waals surface area contributed by atoms with Crippen LogP contribution >= 0.6 is 0 Å². The molecule has 114 valence electrons. The molecule has 20 heavy (non-hydrogen) atoms. The zero-order valence-corrected chi connectivity index (χ0v) is 12.9. The predicted octanol–water partition coefficient (Wildman–Crippen LogP) is 2.58. The molecule has 0 bridgehead atoms. The molecular weight excluding hydrogens is 257 g/mol. The smallest absolute Gasteiger partial charge is 0.170 e. The maximum absolute atomic E-state index is 14.5. The summed E-state index contributed by atoms with van der Waals surface area (Å²) in [6.07, 6.45) is 1.67. The number of nitrogens with one attached hydrogen (secondary N) is 1. The third-order valence-corrected chi connectivity index (χ3v) is 3.04. The van der Waals surface area contributed by atoms with Gasteiger partial charge in [-0.1, -0.05) is 13.8 Å². The van der Waals surface area contributed by atoms with Crippen LogP contribution in [0.3, 0.4) is 0 Å². The lowest BCUT2D eigenvalue weighted by Crippen LogP contribution is -2.30. The van der Waals surface area contributed by atoms with Gasteiger partial charge in [0.1, 0.15) is 0 Å². The van der Waals surface area contributed by atoms with E-state index in [9.17, 15) is 4.39 Å². The van der Waals surface area contributed by atoms with Gasteiger partial charge in [0.2, 0.25) is 0 Å². The molecule has 0 atom stereocenters. The van der Waals surface area contributed by atoms with Gasteiger partial charge in [0.25, 0.3) is 0 Å². The van der Waals surface area contributed by atoms with Crippen molar-refractivity contribution in [2.75, 3.05) is 31.2 Å². The van der Waals surface area contributed by atoms with E-state index in [2.05, 4.69) is 10.3 Å². The van der Waals surface area contributed by atoms with Gasteiger partial charge in [-0.15, -0.1) is 0 Å². The first kappa shape index (κ1) is 16.9. The van der Waals surface area contributed by atoms with Gasteiger partial charge in [-0.3, -0.25) is 0 Å². The van der Waals surface area contributed by atoms with Gasteiger partial charge in [-0.25, -0.2) is 9.37 Å². The molecule has 1 N–H and O–H groups in total. The van der Waals surface area contributed by atoms with Crippen molar-refractivity contribution in [1.82, 2.24) is 10.3 Å². The Morgan fingerprint density at radius 2 is 2.15 bits per heavy atom. The highest BCUT2D eigenvalue weighted by Gasteiger charge is 2.15. The highest BCUT2D eigenvalue weighted by molar-refractivity contribution is 5.43. The van der Waals surface area contributed by atoms with E-state index in [0.717, 1.165) is 0 Å². The molecule has 0 spiro atoms. The van der Waals surface area contributed by atoms with Gasteiger partial charge in [0, 0.05) is 44.0 Å². The maximum atomic E-state index is 14.5. The fourth-order valence-corrected chi connectivity index (χ4v) is 1.88. The lowest BCUT2D eigenvalue weighted by Gasteiger charge is -2.23. The Balaban J connectivity index is 2.79. The summed E-state index contributed by atoms with van der Waals surface area (Å²) in [5.41, 5.74) is 0.651. The lowest BCUT2D eigenvalue weighted by atomic mass is 10.2. The highest BCUT2D eigenvalue weighted by Crippen LogP contribution is 2.19. The first-order chi connectivity index (χ1) is 9.60. The number of nitrogens with zero attached hydrogens (tertiary/aromatic N) is 2. The zero-order chi connectivity index (χ0) is 15.0. The molecule has 0 aromatic carbocycles. The Hall–Kier alpha value is -1.20. The van der Waals surface area contributed by atoms with Crippen LogP contribution in [-0.2, 0) is 11.3 Å². The number of hydrogen-bond donors (Lipinski definition) is 1. The fourth-order valence-electron chi connectivity index (χ4n) is 1.88. The highest BCUT2D eigenvalue weighted by atomic mass is 19.1. The van der Waals surface area contributed by atoms with E-state index in [1.807, 2.05) is 32.6 Å². The number of hydrogen-bond acceptors (Lipinski definition) is 4. The van der Waals surface area contributed by atoms with Crippen molar-refractivity contribution in [3.8, 4) is 0 Å². The van der Waals surface area contributed by atoms with E-state index in [1.165, 1.54) is 0 Å². The molecule has 1 heterocycles. The molecular formula is C15H26FN3O. The van der Waals surface area contributed by atoms with Crippen LogP contribution in [-0.4, -0.2) is 37.3 Å². The number of aromatic nitrogens is 1. The van der Waals surface area contributed by atoms with E-state index in [1.54, 1.807) is 12.3 Å². The Bertz CT molecular complexity index is 399. The van der Waals surface area contributed by atoms with Crippen LogP contribution in [0.1, 0.15) is 33.3 Å². The number of rotatable bonds is 9. The largest absolute Gasteiger partial charge is 0.380 e. The summed E-state index contributed by atoms with van der Waals surface area (Å²) in [5.74, 6) is 0.175. The van der Waals surface area contributed by atoms with Gasteiger partial charge in [-0.05, 0) is 19.9 Å². The number of likely N-dealkylation sites (N-methyl/N-ethyl adjacent to an activating group) is 1. The third-order valence-electron chi connectivity index (χ3n) is 3.04. The summed E-state index contributed by atoms with van der Waals surface area (Å²) in [7, 11) is 0. The van der Waals surface area contributed by atoms with E-state index in [4.69, 9.17) is 4.74 Å². The summed E-state index contributed by atoms with van der Waals surface area (Å²) in [5, 5.41) is 3.23. The van der Waals surface area contributed by atoms with E-state index in [-0.39, 0.29) is 5.82 Å². The molecule has 0 aliphatic carbocycles. The summed E-state index contributed by atoms with van der Waals surface area (Å²) in [6.45, 7) is 11.2. The van der Waals surface area contributed by atoms with E-state index < -0.39 is 0 Å². The molecule has 1 aromatic heterocycles. The van der Waals surface area contributed by atoms with Crippen LogP contribution < -0.4 is 10.2 Å². The molecule has 0 saturated carbocycles. The first-order valence-electron chi connectivity index (χ1n) is 7.29. The Morgan fingerprint density at radius 3 is 2.75 bits per heavy atom. The standard InChI is InChI=1S/C15H26FN3O/c1-5-19(9-10-20-6-2)15-14(16)13(7-8-17-15)11-18-12(3)4/h7-8,12,18H,5-6,9-11H2,1-4H3. The van der Waals surface area contributed by atoms with Crippen LogP contribution in [0.15, 0.2) is 12.3 Å². The second-order valence-corrected chi connectivity index (χ2v) is 4.92. The quantitative estimate of drug-likeness (QED) is 0.707. The van der Waals surface area contributed by atoms with Gasteiger partial charge < -0.3 is 15.0 Å². The fraction of sp³-hybridized carbons (Fsp3) is 0.667. The van der Waals surface area contributed by atoms with E-state index >= 15 is 0 Å². The molecule has 0 aliphatic rings. The average molecular weight is 283 g/mol. The summed E-state index contributed by atoms with van der Waals surface area (Å²) >= 11 is 0. The molecule has 1 aromatic rings. The summed E-state index contributed by atoms with van der Waals surface area (Å²) < 4.78 is 19.8.